The normalized spacial score (nSPS) is 11.1. The van der Waals surface area contributed by atoms with Crippen LogP contribution in [0.2, 0.25) is 5.15 Å². The van der Waals surface area contributed by atoms with Crippen molar-refractivity contribution in [3.63, 3.8) is 0 Å². The van der Waals surface area contributed by atoms with Crippen LogP contribution in [0.5, 0.6) is 0 Å². The molecule has 3 aromatic rings. The molecule has 3 rings (SSSR count). The van der Waals surface area contributed by atoms with Crippen LogP contribution in [0.3, 0.4) is 0 Å². The molecular formula is C15H13ClN2O. The Morgan fingerprint density at radius 1 is 1.11 bits per heavy atom. The van der Waals surface area contributed by atoms with Crippen LogP contribution in [-0.2, 0) is 13.2 Å². The lowest BCUT2D eigenvalue weighted by Gasteiger charge is -2.09. The van der Waals surface area contributed by atoms with Crippen molar-refractivity contribution in [2.45, 2.75) is 13.2 Å². The molecule has 1 N–H and O–H groups in total. The Morgan fingerprint density at radius 2 is 1.89 bits per heavy atom. The minimum Gasteiger partial charge on any atom is -0.390 e. The van der Waals surface area contributed by atoms with E-state index in [1.165, 1.54) is 5.56 Å². The van der Waals surface area contributed by atoms with E-state index < -0.39 is 0 Å². The molecule has 3 nitrogen and oxygen atoms in total. The third-order valence-corrected chi connectivity index (χ3v) is 3.37. The van der Waals surface area contributed by atoms with Gasteiger partial charge in [0.05, 0.1) is 17.6 Å². The van der Waals surface area contributed by atoms with Crippen molar-refractivity contribution in [3.05, 3.63) is 64.9 Å². The van der Waals surface area contributed by atoms with Gasteiger partial charge in [-0.2, -0.15) is 0 Å². The number of aliphatic hydroxyl groups excluding tert-OH is 1. The van der Waals surface area contributed by atoms with Crippen LogP contribution in [0, 0.1) is 0 Å². The van der Waals surface area contributed by atoms with Gasteiger partial charge in [0.1, 0.15) is 5.15 Å². The Balaban J connectivity index is 2.11. The number of pyridine rings is 1. The van der Waals surface area contributed by atoms with Crippen molar-refractivity contribution in [3.8, 4) is 0 Å². The predicted octanol–water partition coefficient (Wildman–Crippen LogP) is 3.23. The Labute approximate surface area is 116 Å². The highest BCUT2D eigenvalue weighted by Gasteiger charge is 2.09. The molecule has 0 aliphatic heterocycles. The summed E-state index contributed by atoms with van der Waals surface area (Å²) in [4.78, 5) is 4.28. The van der Waals surface area contributed by atoms with Crippen molar-refractivity contribution in [1.82, 2.24) is 9.55 Å². The lowest BCUT2D eigenvalue weighted by molar-refractivity contribution is 0.272. The van der Waals surface area contributed by atoms with E-state index in [1.807, 2.05) is 30.3 Å². The lowest BCUT2D eigenvalue weighted by Crippen LogP contribution is -2.04. The largest absolute Gasteiger partial charge is 0.390 e. The van der Waals surface area contributed by atoms with Crippen LogP contribution in [-0.4, -0.2) is 14.7 Å². The second-order valence-electron chi connectivity index (χ2n) is 4.40. The molecule has 0 unspecified atom stereocenters. The summed E-state index contributed by atoms with van der Waals surface area (Å²) in [6.45, 7) is 0.699. The number of halogens is 1. The second-order valence-corrected chi connectivity index (χ2v) is 4.79. The first-order valence-corrected chi connectivity index (χ1v) is 6.45. The van der Waals surface area contributed by atoms with Gasteiger partial charge in [0.25, 0.3) is 0 Å². The molecule has 1 aromatic carbocycles. The molecule has 0 saturated heterocycles. The SMILES string of the molecule is OCc1cc2nc(Cl)ccc2n1Cc1ccccc1. The number of nitrogens with zero attached hydrogens (tertiary/aromatic N) is 2. The molecular weight excluding hydrogens is 260 g/mol. The summed E-state index contributed by atoms with van der Waals surface area (Å²) in [5.74, 6) is 0. The van der Waals surface area contributed by atoms with E-state index in [2.05, 4.69) is 21.7 Å². The van der Waals surface area contributed by atoms with Crippen LogP contribution in [0.15, 0.2) is 48.5 Å². The average Bonchev–Trinajstić information content (AvgIpc) is 2.77. The Kier molecular flexibility index (Phi) is 3.23. The first-order valence-electron chi connectivity index (χ1n) is 6.07. The highest BCUT2D eigenvalue weighted by Crippen LogP contribution is 2.22. The van der Waals surface area contributed by atoms with Gasteiger partial charge in [0.15, 0.2) is 0 Å². The highest BCUT2D eigenvalue weighted by atomic mass is 35.5. The lowest BCUT2D eigenvalue weighted by atomic mass is 10.2. The first-order chi connectivity index (χ1) is 9.28. The number of hydrogen-bond donors (Lipinski definition) is 1. The van der Waals surface area contributed by atoms with Gasteiger partial charge < -0.3 is 9.67 Å². The van der Waals surface area contributed by atoms with E-state index in [1.54, 1.807) is 6.07 Å². The highest BCUT2D eigenvalue weighted by molar-refractivity contribution is 6.29. The number of aliphatic hydroxyl groups is 1. The summed E-state index contributed by atoms with van der Waals surface area (Å²) in [7, 11) is 0. The van der Waals surface area contributed by atoms with Gasteiger partial charge in [0, 0.05) is 12.2 Å². The predicted molar refractivity (Wildman–Crippen MR) is 76.2 cm³/mol. The van der Waals surface area contributed by atoms with Crippen LogP contribution in [0.4, 0.5) is 0 Å². The summed E-state index contributed by atoms with van der Waals surface area (Å²) >= 11 is 5.90. The molecule has 0 radical (unpaired) electrons. The van der Waals surface area contributed by atoms with Crippen LogP contribution >= 0.6 is 11.6 Å². The Hall–Kier alpha value is -1.84. The zero-order chi connectivity index (χ0) is 13.2. The van der Waals surface area contributed by atoms with Crippen molar-refractivity contribution in [2.75, 3.05) is 0 Å². The quantitative estimate of drug-likeness (QED) is 0.744. The second kappa shape index (κ2) is 5.03. The number of hydrogen-bond acceptors (Lipinski definition) is 2. The molecule has 0 bridgehead atoms. The van der Waals surface area contributed by atoms with Gasteiger partial charge >= 0.3 is 0 Å². The van der Waals surface area contributed by atoms with E-state index in [9.17, 15) is 5.11 Å². The molecule has 4 heteroatoms. The Morgan fingerprint density at radius 3 is 2.63 bits per heavy atom. The van der Waals surface area contributed by atoms with Gasteiger partial charge in [0.2, 0.25) is 0 Å². The Bertz CT molecular complexity index is 707. The van der Waals surface area contributed by atoms with Gasteiger partial charge in [-0.15, -0.1) is 0 Å². The van der Waals surface area contributed by atoms with Crippen molar-refractivity contribution >= 4 is 22.6 Å². The van der Waals surface area contributed by atoms with Crippen LogP contribution < -0.4 is 0 Å². The molecule has 2 aromatic heterocycles. The summed E-state index contributed by atoms with van der Waals surface area (Å²) in [6.07, 6.45) is 0. The standard InChI is InChI=1S/C15H13ClN2O/c16-15-7-6-14-13(17-15)8-12(10-19)18(14)9-11-4-2-1-3-5-11/h1-8,19H,9-10H2. The first kappa shape index (κ1) is 12.2. The fourth-order valence-corrected chi connectivity index (χ4v) is 2.41. The van der Waals surface area contributed by atoms with E-state index >= 15 is 0 Å². The van der Waals surface area contributed by atoms with Crippen LogP contribution in [0.25, 0.3) is 11.0 Å². The summed E-state index contributed by atoms with van der Waals surface area (Å²) in [5.41, 5.74) is 3.82. The van der Waals surface area contributed by atoms with Crippen LogP contribution in [0.1, 0.15) is 11.3 Å². The summed E-state index contributed by atoms with van der Waals surface area (Å²) in [5, 5.41) is 9.95. The number of benzene rings is 1. The topological polar surface area (TPSA) is 38.1 Å². The van der Waals surface area contributed by atoms with Gasteiger partial charge in [-0.1, -0.05) is 41.9 Å². The number of fused-ring (bicyclic) bond motifs is 1. The minimum absolute atomic E-state index is 0.0131. The van der Waals surface area contributed by atoms with Gasteiger partial charge in [-0.05, 0) is 23.8 Å². The molecule has 96 valence electrons. The van der Waals surface area contributed by atoms with E-state index in [4.69, 9.17) is 11.6 Å². The zero-order valence-electron chi connectivity index (χ0n) is 10.3. The molecule has 0 aliphatic rings. The smallest absolute Gasteiger partial charge is 0.129 e. The summed E-state index contributed by atoms with van der Waals surface area (Å²) < 4.78 is 2.06. The van der Waals surface area contributed by atoms with Crippen molar-refractivity contribution < 1.29 is 5.11 Å². The number of aromatic nitrogens is 2. The van der Waals surface area contributed by atoms with Crippen molar-refractivity contribution in [1.29, 1.82) is 0 Å². The van der Waals surface area contributed by atoms with E-state index in [0.717, 1.165) is 16.7 Å². The van der Waals surface area contributed by atoms with E-state index in [-0.39, 0.29) is 6.61 Å². The molecule has 0 fully saturated rings. The molecule has 2 heterocycles. The monoisotopic (exact) mass is 272 g/mol. The van der Waals surface area contributed by atoms with Gasteiger partial charge in [-0.25, -0.2) is 4.98 Å². The third kappa shape index (κ3) is 2.35. The maximum Gasteiger partial charge on any atom is 0.129 e. The molecule has 0 atom stereocenters. The fourth-order valence-electron chi connectivity index (χ4n) is 2.25. The molecule has 0 aliphatic carbocycles. The maximum absolute atomic E-state index is 9.49. The maximum atomic E-state index is 9.49. The summed E-state index contributed by atoms with van der Waals surface area (Å²) in [6, 6.07) is 15.7. The van der Waals surface area contributed by atoms with Gasteiger partial charge in [-0.3, -0.25) is 0 Å². The molecule has 0 amide bonds. The van der Waals surface area contributed by atoms with E-state index in [0.29, 0.717) is 11.7 Å². The average molecular weight is 273 g/mol. The fraction of sp³-hybridized carbons (Fsp3) is 0.133. The molecule has 0 saturated carbocycles. The number of rotatable bonds is 3. The third-order valence-electron chi connectivity index (χ3n) is 3.15. The molecule has 19 heavy (non-hydrogen) atoms. The zero-order valence-corrected chi connectivity index (χ0v) is 11.0. The molecule has 0 spiro atoms. The van der Waals surface area contributed by atoms with Crippen molar-refractivity contribution in [2.24, 2.45) is 0 Å². The minimum atomic E-state index is -0.0131.